The molecule has 0 aliphatic carbocycles. The van der Waals surface area contributed by atoms with Crippen LogP contribution in [-0.2, 0) is 16.0 Å². The highest BCUT2D eigenvalue weighted by Crippen LogP contribution is 2.38. The van der Waals surface area contributed by atoms with Crippen LogP contribution in [0.15, 0.2) is 17.3 Å². The van der Waals surface area contributed by atoms with E-state index in [-0.39, 0.29) is 24.5 Å². The standard InChI is InChI=1S/C18H26N2O7/c1-10(2)6-12(20-24)17(21)19-13(18(22)23)7-11-8-14(25-3)16(27-5)15(9-11)26-4/h8-10,13,24H,6-7H2,1-5H3,(H,19,21)(H,22,23). The fourth-order valence-corrected chi connectivity index (χ4v) is 2.50. The van der Waals surface area contributed by atoms with Gasteiger partial charge in [-0.15, -0.1) is 0 Å². The number of amides is 1. The van der Waals surface area contributed by atoms with Crippen LogP contribution in [0.3, 0.4) is 0 Å². The molecule has 0 fully saturated rings. The van der Waals surface area contributed by atoms with Crippen LogP contribution < -0.4 is 19.5 Å². The highest BCUT2D eigenvalue weighted by Gasteiger charge is 2.25. The zero-order chi connectivity index (χ0) is 20.6. The van der Waals surface area contributed by atoms with Crippen LogP contribution in [0.4, 0.5) is 0 Å². The van der Waals surface area contributed by atoms with Gasteiger partial charge in [-0.25, -0.2) is 4.79 Å². The van der Waals surface area contributed by atoms with Gasteiger partial charge >= 0.3 is 5.97 Å². The molecule has 0 saturated carbocycles. The number of aliphatic carboxylic acids is 1. The summed E-state index contributed by atoms with van der Waals surface area (Å²) in [5.74, 6) is -0.754. The number of carboxylic acids is 1. The second kappa shape index (κ2) is 10.2. The largest absolute Gasteiger partial charge is 0.493 e. The zero-order valence-electron chi connectivity index (χ0n) is 16.1. The average molecular weight is 382 g/mol. The molecule has 0 saturated heterocycles. The quantitative estimate of drug-likeness (QED) is 0.319. The van der Waals surface area contributed by atoms with E-state index < -0.39 is 17.9 Å². The summed E-state index contributed by atoms with van der Waals surface area (Å²) in [7, 11) is 4.37. The highest BCUT2D eigenvalue weighted by molar-refractivity contribution is 6.39. The minimum absolute atomic E-state index is 0.0296. The SMILES string of the molecule is COc1cc(CC(NC(=O)C(CC(C)C)=NO)C(=O)O)cc(OC)c1OC. The van der Waals surface area contributed by atoms with Crippen molar-refractivity contribution in [3.8, 4) is 17.2 Å². The van der Waals surface area contributed by atoms with Gasteiger partial charge in [0.25, 0.3) is 5.91 Å². The molecular formula is C18H26N2O7. The van der Waals surface area contributed by atoms with E-state index in [0.717, 1.165) is 0 Å². The Balaban J connectivity index is 3.07. The molecule has 0 bridgehead atoms. The third-order valence-corrected chi connectivity index (χ3v) is 3.75. The van der Waals surface area contributed by atoms with Gasteiger partial charge in [0.15, 0.2) is 11.5 Å². The molecule has 1 aromatic carbocycles. The van der Waals surface area contributed by atoms with Gasteiger partial charge in [0.05, 0.1) is 21.3 Å². The van der Waals surface area contributed by atoms with Gasteiger partial charge in [-0.3, -0.25) is 4.79 Å². The summed E-state index contributed by atoms with van der Waals surface area (Å²) in [6, 6.07) is 1.99. The van der Waals surface area contributed by atoms with Crippen molar-refractivity contribution in [3.63, 3.8) is 0 Å². The first-order valence-electron chi connectivity index (χ1n) is 8.30. The van der Waals surface area contributed by atoms with Crippen molar-refractivity contribution in [1.29, 1.82) is 0 Å². The maximum atomic E-state index is 12.2. The summed E-state index contributed by atoms with van der Waals surface area (Å²) in [5, 5.41) is 23.8. The molecule has 0 aliphatic heterocycles. The van der Waals surface area contributed by atoms with Crippen LogP contribution in [0.2, 0.25) is 0 Å². The Morgan fingerprint density at radius 3 is 2.04 bits per heavy atom. The molecule has 1 unspecified atom stereocenters. The second-order valence-corrected chi connectivity index (χ2v) is 6.25. The highest BCUT2D eigenvalue weighted by atomic mass is 16.5. The number of carbonyl (C=O) groups excluding carboxylic acids is 1. The van der Waals surface area contributed by atoms with Crippen LogP contribution in [0.5, 0.6) is 17.2 Å². The maximum Gasteiger partial charge on any atom is 0.326 e. The molecule has 1 aromatic rings. The summed E-state index contributed by atoms with van der Waals surface area (Å²) in [6.07, 6.45) is 0.191. The molecule has 0 aliphatic rings. The van der Waals surface area contributed by atoms with E-state index in [1.165, 1.54) is 21.3 Å². The number of hydrogen-bond donors (Lipinski definition) is 3. The number of rotatable bonds is 10. The predicted octanol–water partition coefficient (Wildman–Crippen LogP) is 1.70. The molecule has 9 nitrogen and oxygen atoms in total. The molecule has 150 valence electrons. The Morgan fingerprint density at radius 1 is 1.11 bits per heavy atom. The van der Waals surface area contributed by atoms with Crippen molar-refractivity contribution in [3.05, 3.63) is 17.7 Å². The number of ether oxygens (including phenoxy) is 3. The van der Waals surface area contributed by atoms with Gasteiger partial charge in [0, 0.05) is 12.8 Å². The Labute approximate surface area is 157 Å². The minimum atomic E-state index is -1.23. The number of benzene rings is 1. The topological polar surface area (TPSA) is 127 Å². The van der Waals surface area contributed by atoms with E-state index in [0.29, 0.717) is 22.8 Å². The molecule has 1 atom stereocenters. The summed E-state index contributed by atoms with van der Waals surface area (Å²) >= 11 is 0. The number of carbonyl (C=O) groups is 2. The van der Waals surface area contributed by atoms with Gasteiger partial charge in [0.2, 0.25) is 5.75 Å². The number of hydrogen-bond acceptors (Lipinski definition) is 7. The van der Waals surface area contributed by atoms with Crippen LogP contribution >= 0.6 is 0 Å². The van der Waals surface area contributed by atoms with Crippen LogP contribution in [0.1, 0.15) is 25.8 Å². The molecular weight excluding hydrogens is 356 g/mol. The van der Waals surface area contributed by atoms with Crippen LogP contribution in [0.25, 0.3) is 0 Å². The Hall–Kier alpha value is -2.97. The first-order valence-corrected chi connectivity index (χ1v) is 8.30. The number of methoxy groups -OCH3 is 3. The van der Waals surface area contributed by atoms with Crippen molar-refractivity contribution in [2.75, 3.05) is 21.3 Å². The minimum Gasteiger partial charge on any atom is -0.493 e. The van der Waals surface area contributed by atoms with Gasteiger partial charge in [-0.05, 0) is 23.6 Å². The van der Waals surface area contributed by atoms with Crippen molar-refractivity contribution in [2.24, 2.45) is 11.1 Å². The van der Waals surface area contributed by atoms with Crippen molar-refractivity contribution in [2.45, 2.75) is 32.7 Å². The smallest absolute Gasteiger partial charge is 0.326 e. The summed E-state index contributed by atoms with van der Waals surface area (Å²) in [5.41, 5.74) is 0.435. The lowest BCUT2D eigenvalue weighted by Crippen LogP contribution is -2.45. The molecule has 3 N–H and O–H groups in total. The van der Waals surface area contributed by atoms with E-state index in [4.69, 9.17) is 19.4 Å². The first-order chi connectivity index (χ1) is 12.8. The van der Waals surface area contributed by atoms with E-state index in [9.17, 15) is 14.7 Å². The predicted molar refractivity (Wildman–Crippen MR) is 98.0 cm³/mol. The summed E-state index contributed by atoms with van der Waals surface area (Å²) < 4.78 is 15.7. The summed E-state index contributed by atoms with van der Waals surface area (Å²) in [4.78, 5) is 23.8. The van der Waals surface area contributed by atoms with E-state index in [1.807, 2.05) is 13.8 Å². The Kier molecular flexibility index (Phi) is 8.37. The lowest BCUT2D eigenvalue weighted by molar-refractivity contribution is -0.141. The molecule has 27 heavy (non-hydrogen) atoms. The molecule has 0 spiro atoms. The van der Waals surface area contributed by atoms with E-state index in [1.54, 1.807) is 12.1 Å². The molecule has 0 radical (unpaired) electrons. The molecule has 1 amide bonds. The van der Waals surface area contributed by atoms with Crippen LogP contribution in [0, 0.1) is 5.92 Å². The Morgan fingerprint density at radius 2 is 1.67 bits per heavy atom. The molecule has 0 heterocycles. The summed E-state index contributed by atoms with van der Waals surface area (Å²) in [6.45, 7) is 3.70. The second-order valence-electron chi connectivity index (χ2n) is 6.25. The maximum absolute atomic E-state index is 12.2. The third-order valence-electron chi connectivity index (χ3n) is 3.75. The number of carboxylic acid groups (broad SMARTS) is 1. The average Bonchev–Trinajstić information content (AvgIpc) is 2.63. The normalized spacial score (nSPS) is 12.4. The van der Waals surface area contributed by atoms with Gasteiger partial charge in [0.1, 0.15) is 11.8 Å². The lowest BCUT2D eigenvalue weighted by atomic mass is 10.0. The van der Waals surface area contributed by atoms with Crippen molar-refractivity contribution < 1.29 is 34.1 Å². The molecule has 9 heteroatoms. The van der Waals surface area contributed by atoms with E-state index in [2.05, 4.69) is 10.5 Å². The fourth-order valence-electron chi connectivity index (χ4n) is 2.50. The fraction of sp³-hybridized carbons (Fsp3) is 0.500. The zero-order valence-corrected chi connectivity index (χ0v) is 16.1. The lowest BCUT2D eigenvalue weighted by Gasteiger charge is -2.18. The van der Waals surface area contributed by atoms with Crippen molar-refractivity contribution in [1.82, 2.24) is 5.32 Å². The molecule has 0 aromatic heterocycles. The van der Waals surface area contributed by atoms with Crippen LogP contribution in [-0.4, -0.2) is 55.3 Å². The monoisotopic (exact) mass is 382 g/mol. The van der Waals surface area contributed by atoms with Gasteiger partial charge in [-0.2, -0.15) is 0 Å². The Bertz CT molecular complexity index is 676. The van der Waals surface area contributed by atoms with Gasteiger partial charge in [-0.1, -0.05) is 19.0 Å². The third kappa shape index (κ3) is 6.05. The van der Waals surface area contributed by atoms with Gasteiger partial charge < -0.3 is 29.8 Å². The van der Waals surface area contributed by atoms with E-state index >= 15 is 0 Å². The number of nitrogens with one attached hydrogen (secondary N) is 1. The number of oxime groups is 1. The first kappa shape index (κ1) is 22.1. The number of nitrogens with zero attached hydrogens (tertiary/aromatic N) is 1. The van der Waals surface area contributed by atoms with Crippen molar-refractivity contribution >= 4 is 17.6 Å². The molecule has 1 rings (SSSR count).